The van der Waals surface area contributed by atoms with Crippen LogP contribution in [0.15, 0.2) is 24.3 Å². The van der Waals surface area contributed by atoms with E-state index in [0.717, 1.165) is 19.3 Å². The number of piperidine rings is 1. The maximum absolute atomic E-state index is 12.3. The zero-order chi connectivity index (χ0) is 14.3. The Kier molecular flexibility index (Phi) is 3.21. The number of rotatable bonds is 2. The predicted octanol–water partition coefficient (Wildman–Crippen LogP) is 2.67. The molecule has 1 unspecified atom stereocenters. The highest BCUT2D eigenvalue weighted by molar-refractivity contribution is 6.30. The summed E-state index contributed by atoms with van der Waals surface area (Å²) in [4.78, 5) is 25.1. The Morgan fingerprint density at radius 1 is 1.20 bits per heavy atom. The molecule has 0 radical (unpaired) electrons. The van der Waals surface area contributed by atoms with Crippen molar-refractivity contribution in [1.29, 1.82) is 0 Å². The molecule has 0 bridgehead atoms. The van der Waals surface area contributed by atoms with Crippen molar-refractivity contribution >= 4 is 23.5 Å². The number of hydrogen-bond acceptors (Lipinski definition) is 2. The Hall–Kier alpha value is -1.55. The second-order valence-corrected chi connectivity index (χ2v) is 6.19. The number of carbonyl (C=O) groups is 2. The molecule has 0 aromatic heterocycles. The first kappa shape index (κ1) is 13.4. The summed E-state index contributed by atoms with van der Waals surface area (Å²) in [7, 11) is 0. The third-order valence-corrected chi connectivity index (χ3v) is 4.88. The molecule has 1 aromatic carbocycles. The third kappa shape index (κ3) is 2.29. The van der Waals surface area contributed by atoms with Crippen molar-refractivity contribution in [1.82, 2.24) is 4.90 Å². The zero-order valence-corrected chi connectivity index (χ0v) is 11.8. The second kappa shape index (κ2) is 4.77. The lowest BCUT2D eigenvalue weighted by molar-refractivity contribution is -0.139. The largest absolute Gasteiger partial charge is 0.481 e. The summed E-state index contributed by atoms with van der Waals surface area (Å²) >= 11 is 5.81. The Morgan fingerprint density at radius 2 is 1.80 bits per heavy atom. The number of carboxylic acid groups (broad SMARTS) is 1. The summed E-state index contributed by atoms with van der Waals surface area (Å²) in [6.45, 7) is 1.29. The molecular formula is C15H16ClNO3. The van der Waals surface area contributed by atoms with E-state index in [1.807, 2.05) is 4.90 Å². The van der Waals surface area contributed by atoms with Crippen LogP contribution in [0, 0.1) is 11.3 Å². The average molecular weight is 294 g/mol. The van der Waals surface area contributed by atoms with E-state index in [2.05, 4.69) is 0 Å². The summed E-state index contributed by atoms with van der Waals surface area (Å²) < 4.78 is 0. The van der Waals surface area contributed by atoms with Crippen molar-refractivity contribution in [2.45, 2.75) is 19.3 Å². The zero-order valence-electron chi connectivity index (χ0n) is 11.0. The van der Waals surface area contributed by atoms with Crippen LogP contribution in [0.3, 0.4) is 0 Å². The van der Waals surface area contributed by atoms with E-state index in [0.29, 0.717) is 23.7 Å². The fraction of sp³-hybridized carbons (Fsp3) is 0.467. The van der Waals surface area contributed by atoms with Crippen LogP contribution in [0.2, 0.25) is 5.02 Å². The van der Waals surface area contributed by atoms with Crippen LogP contribution in [0.1, 0.15) is 29.6 Å². The molecule has 1 heterocycles. The molecule has 20 heavy (non-hydrogen) atoms. The van der Waals surface area contributed by atoms with Gasteiger partial charge in [0.2, 0.25) is 0 Å². The summed E-state index contributed by atoms with van der Waals surface area (Å²) in [6.07, 6.45) is 2.36. The molecule has 5 heteroatoms. The van der Waals surface area contributed by atoms with E-state index >= 15 is 0 Å². The number of carbonyl (C=O) groups excluding carboxylic acids is 1. The number of carboxylic acids is 1. The molecule has 1 aliphatic carbocycles. The third-order valence-electron chi connectivity index (χ3n) is 4.63. The Labute approximate surface area is 122 Å². The molecule has 1 saturated carbocycles. The molecule has 1 aliphatic heterocycles. The van der Waals surface area contributed by atoms with Crippen molar-refractivity contribution in [3.63, 3.8) is 0 Å². The highest BCUT2D eigenvalue weighted by Crippen LogP contribution is 2.59. The van der Waals surface area contributed by atoms with Crippen LogP contribution in [-0.4, -0.2) is 35.0 Å². The number of nitrogens with zero attached hydrogens (tertiary/aromatic N) is 1. The molecule has 1 saturated heterocycles. The smallest absolute Gasteiger partial charge is 0.307 e. The van der Waals surface area contributed by atoms with Crippen molar-refractivity contribution < 1.29 is 14.7 Å². The van der Waals surface area contributed by atoms with Crippen LogP contribution < -0.4 is 0 Å². The van der Waals surface area contributed by atoms with E-state index in [1.165, 1.54) is 0 Å². The number of benzene rings is 1. The Morgan fingerprint density at radius 3 is 2.30 bits per heavy atom. The van der Waals surface area contributed by atoms with E-state index in [-0.39, 0.29) is 17.2 Å². The van der Waals surface area contributed by atoms with Crippen molar-refractivity contribution in [3.05, 3.63) is 34.9 Å². The number of aliphatic carboxylic acids is 1. The molecule has 1 N–H and O–H groups in total. The first-order valence-electron chi connectivity index (χ1n) is 6.79. The highest BCUT2D eigenvalue weighted by atomic mass is 35.5. The van der Waals surface area contributed by atoms with Crippen LogP contribution in [0.25, 0.3) is 0 Å². The first-order valence-corrected chi connectivity index (χ1v) is 7.17. The summed E-state index contributed by atoms with van der Waals surface area (Å²) in [5, 5.41) is 9.67. The molecule has 1 spiro atoms. The lowest BCUT2D eigenvalue weighted by Gasteiger charge is -2.32. The van der Waals surface area contributed by atoms with Gasteiger partial charge in [0.1, 0.15) is 0 Å². The molecule has 4 nitrogen and oxygen atoms in total. The Bertz CT molecular complexity index is 547. The van der Waals surface area contributed by atoms with E-state index in [9.17, 15) is 9.59 Å². The SMILES string of the molecule is O=C(O)C1CC12CCN(C(=O)c1ccc(Cl)cc1)CC2. The average Bonchev–Trinajstić information content (AvgIpc) is 3.14. The summed E-state index contributed by atoms with van der Waals surface area (Å²) in [5.74, 6) is -0.887. The normalized spacial score (nSPS) is 23.6. The fourth-order valence-electron chi connectivity index (χ4n) is 3.18. The van der Waals surface area contributed by atoms with Gasteiger partial charge in [-0.05, 0) is 48.9 Å². The van der Waals surface area contributed by atoms with Gasteiger partial charge in [-0.25, -0.2) is 0 Å². The molecule has 1 aromatic rings. The van der Waals surface area contributed by atoms with Gasteiger partial charge in [-0.2, -0.15) is 0 Å². The lowest BCUT2D eigenvalue weighted by atomic mass is 9.90. The standard InChI is InChI=1S/C15H16ClNO3/c16-11-3-1-10(2-4-11)13(18)17-7-5-15(6-8-17)9-12(15)14(19)20/h1-4,12H,5-9H2,(H,19,20). The van der Waals surface area contributed by atoms with Crippen LogP contribution in [0.4, 0.5) is 0 Å². The summed E-state index contributed by atoms with van der Waals surface area (Å²) in [5.41, 5.74) is 0.596. The monoisotopic (exact) mass is 293 g/mol. The van der Waals surface area contributed by atoms with Gasteiger partial charge in [-0.3, -0.25) is 9.59 Å². The van der Waals surface area contributed by atoms with Gasteiger partial charge in [0, 0.05) is 23.7 Å². The number of hydrogen-bond donors (Lipinski definition) is 1. The van der Waals surface area contributed by atoms with Crippen molar-refractivity contribution in [3.8, 4) is 0 Å². The molecular weight excluding hydrogens is 278 g/mol. The van der Waals surface area contributed by atoms with Gasteiger partial charge in [0.25, 0.3) is 5.91 Å². The van der Waals surface area contributed by atoms with Gasteiger partial charge in [0.15, 0.2) is 0 Å². The highest BCUT2D eigenvalue weighted by Gasteiger charge is 2.59. The number of amides is 1. The van der Waals surface area contributed by atoms with Gasteiger partial charge >= 0.3 is 5.97 Å². The van der Waals surface area contributed by atoms with Gasteiger partial charge in [-0.15, -0.1) is 0 Å². The summed E-state index contributed by atoms with van der Waals surface area (Å²) in [6, 6.07) is 6.88. The minimum Gasteiger partial charge on any atom is -0.481 e. The topological polar surface area (TPSA) is 57.6 Å². The molecule has 1 atom stereocenters. The quantitative estimate of drug-likeness (QED) is 0.912. The molecule has 1 amide bonds. The predicted molar refractivity (Wildman–Crippen MR) is 74.8 cm³/mol. The lowest BCUT2D eigenvalue weighted by Crippen LogP contribution is -2.39. The first-order chi connectivity index (χ1) is 9.52. The number of likely N-dealkylation sites (tertiary alicyclic amines) is 1. The van der Waals surface area contributed by atoms with Crippen molar-refractivity contribution in [2.24, 2.45) is 11.3 Å². The minimum atomic E-state index is -0.692. The fourth-order valence-corrected chi connectivity index (χ4v) is 3.31. The van der Waals surface area contributed by atoms with E-state index in [1.54, 1.807) is 24.3 Å². The second-order valence-electron chi connectivity index (χ2n) is 5.76. The van der Waals surface area contributed by atoms with Crippen molar-refractivity contribution in [2.75, 3.05) is 13.1 Å². The maximum atomic E-state index is 12.3. The molecule has 106 valence electrons. The van der Waals surface area contributed by atoms with E-state index in [4.69, 9.17) is 16.7 Å². The van der Waals surface area contributed by atoms with Crippen LogP contribution in [0.5, 0.6) is 0 Å². The Balaban J connectivity index is 1.63. The van der Waals surface area contributed by atoms with Crippen LogP contribution >= 0.6 is 11.6 Å². The number of halogens is 1. The molecule has 2 fully saturated rings. The minimum absolute atomic E-state index is 0.00374. The van der Waals surface area contributed by atoms with Gasteiger partial charge < -0.3 is 10.0 Å². The van der Waals surface area contributed by atoms with E-state index < -0.39 is 5.97 Å². The maximum Gasteiger partial charge on any atom is 0.307 e. The molecule has 2 aliphatic rings. The molecule has 3 rings (SSSR count). The van der Waals surface area contributed by atoms with Crippen LogP contribution in [-0.2, 0) is 4.79 Å². The van der Waals surface area contributed by atoms with Gasteiger partial charge in [0.05, 0.1) is 5.92 Å². The van der Waals surface area contributed by atoms with Gasteiger partial charge in [-0.1, -0.05) is 11.6 Å².